The van der Waals surface area contributed by atoms with Gasteiger partial charge in [0, 0.05) is 6.42 Å². The Hall–Kier alpha value is -1.73. The van der Waals surface area contributed by atoms with Gasteiger partial charge in [0.15, 0.2) is 0 Å². The zero-order chi connectivity index (χ0) is 18.0. The first kappa shape index (κ1) is 19.3. The minimum absolute atomic E-state index is 0.0334. The van der Waals surface area contributed by atoms with Crippen molar-refractivity contribution in [3.05, 3.63) is 34.9 Å². The van der Waals surface area contributed by atoms with Gasteiger partial charge in [0.05, 0.1) is 11.1 Å². The number of carbonyl (C=O) groups is 1. The summed E-state index contributed by atoms with van der Waals surface area (Å²) < 4.78 is 82.1. The lowest BCUT2D eigenvalue weighted by Crippen LogP contribution is -2.18. The second kappa shape index (κ2) is 6.80. The Bertz CT molecular complexity index is 528. The third-order valence-corrected chi connectivity index (χ3v) is 3.09. The average Bonchev–Trinajstić information content (AvgIpc) is 2.41. The summed E-state index contributed by atoms with van der Waals surface area (Å²) in [5, 5.41) is 0. The van der Waals surface area contributed by atoms with Gasteiger partial charge in [-0.25, -0.2) is 0 Å². The van der Waals surface area contributed by atoms with Gasteiger partial charge in [0.25, 0.3) is 0 Å². The Morgan fingerprint density at radius 3 is 1.74 bits per heavy atom. The van der Waals surface area contributed by atoms with Crippen LogP contribution in [0.5, 0.6) is 0 Å². The Kier molecular flexibility index (Phi) is 5.71. The zero-order valence-electron chi connectivity index (χ0n) is 12.7. The molecule has 1 atom stereocenters. The number of hydrogen-bond donors (Lipinski definition) is 0. The molecule has 0 spiro atoms. The fourth-order valence-electron chi connectivity index (χ4n) is 1.96. The van der Waals surface area contributed by atoms with E-state index in [2.05, 4.69) is 0 Å². The molecule has 0 aliphatic carbocycles. The molecule has 130 valence electrons. The Balaban J connectivity index is 3.45. The number of rotatable bonds is 4. The fourth-order valence-corrected chi connectivity index (χ4v) is 1.96. The van der Waals surface area contributed by atoms with Crippen molar-refractivity contribution >= 4 is 5.97 Å². The lowest BCUT2D eigenvalue weighted by Gasteiger charge is -2.24. The average molecular weight is 342 g/mol. The molecule has 0 aromatic heterocycles. The van der Waals surface area contributed by atoms with Gasteiger partial charge >= 0.3 is 18.3 Å². The maximum absolute atomic E-state index is 12.9. The van der Waals surface area contributed by atoms with Gasteiger partial charge in [-0.1, -0.05) is 20.8 Å². The zero-order valence-corrected chi connectivity index (χ0v) is 12.7. The fraction of sp³-hybridized carbons (Fsp3) is 0.533. The minimum Gasteiger partial charge on any atom is -0.457 e. The summed E-state index contributed by atoms with van der Waals surface area (Å²) >= 11 is 0. The molecular weight excluding hydrogens is 326 g/mol. The Morgan fingerprint density at radius 2 is 1.43 bits per heavy atom. The number of halogens is 6. The van der Waals surface area contributed by atoms with Crippen LogP contribution in [0.15, 0.2) is 18.2 Å². The van der Waals surface area contributed by atoms with Crippen LogP contribution in [0.25, 0.3) is 0 Å². The summed E-state index contributed by atoms with van der Waals surface area (Å²) in [7, 11) is 0. The highest BCUT2D eigenvalue weighted by Crippen LogP contribution is 2.39. The molecule has 1 aromatic carbocycles. The quantitative estimate of drug-likeness (QED) is 0.543. The largest absolute Gasteiger partial charge is 0.457 e. The first-order valence-electron chi connectivity index (χ1n) is 6.85. The van der Waals surface area contributed by atoms with Crippen LogP contribution < -0.4 is 0 Å². The van der Waals surface area contributed by atoms with Crippen molar-refractivity contribution in [2.75, 3.05) is 0 Å². The van der Waals surface area contributed by atoms with E-state index < -0.39 is 41.5 Å². The standard InChI is InChI=1S/C15H16F6O2/c1-4-12(22)23-13(8(2)3)9-5-10(14(16,17)18)7-11(6-9)15(19,20)21/h5-8,13H,4H2,1-3H3/t13-/m0/s1. The molecular formula is C15H16F6O2. The summed E-state index contributed by atoms with van der Waals surface area (Å²) in [6.45, 7) is 4.56. The maximum atomic E-state index is 12.9. The summed E-state index contributed by atoms with van der Waals surface area (Å²) in [5.41, 5.74) is -3.19. The second-order valence-electron chi connectivity index (χ2n) is 5.35. The van der Waals surface area contributed by atoms with E-state index >= 15 is 0 Å². The third-order valence-electron chi connectivity index (χ3n) is 3.09. The predicted octanol–water partition coefficient (Wildman–Crippen LogP) is 5.37. The van der Waals surface area contributed by atoms with Gasteiger partial charge in [-0.2, -0.15) is 26.3 Å². The Labute approximate surface area is 129 Å². The van der Waals surface area contributed by atoms with Crippen LogP contribution in [0.1, 0.15) is 50.0 Å². The predicted molar refractivity (Wildman–Crippen MR) is 70.4 cm³/mol. The van der Waals surface area contributed by atoms with Gasteiger partial charge in [-0.3, -0.25) is 4.79 Å². The number of hydrogen-bond acceptors (Lipinski definition) is 2. The number of alkyl halides is 6. The van der Waals surface area contributed by atoms with Crippen LogP contribution in [-0.4, -0.2) is 5.97 Å². The molecule has 0 bridgehead atoms. The van der Waals surface area contributed by atoms with E-state index in [1.807, 2.05) is 0 Å². The van der Waals surface area contributed by atoms with Gasteiger partial charge in [-0.15, -0.1) is 0 Å². The molecule has 0 heterocycles. The highest BCUT2D eigenvalue weighted by atomic mass is 19.4. The van der Waals surface area contributed by atoms with Crippen molar-refractivity contribution < 1.29 is 35.9 Å². The van der Waals surface area contributed by atoms with E-state index in [9.17, 15) is 31.1 Å². The first-order valence-corrected chi connectivity index (χ1v) is 6.85. The second-order valence-corrected chi connectivity index (χ2v) is 5.35. The lowest BCUT2D eigenvalue weighted by atomic mass is 9.94. The van der Waals surface area contributed by atoms with Crippen molar-refractivity contribution in [2.45, 2.75) is 45.6 Å². The molecule has 8 heteroatoms. The maximum Gasteiger partial charge on any atom is 0.416 e. The summed E-state index contributed by atoms with van der Waals surface area (Å²) in [5.74, 6) is -1.19. The van der Waals surface area contributed by atoms with Crippen molar-refractivity contribution in [3.63, 3.8) is 0 Å². The molecule has 0 saturated carbocycles. The van der Waals surface area contributed by atoms with E-state index in [1.165, 1.54) is 6.92 Å². The van der Waals surface area contributed by atoms with Gasteiger partial charge in [0.1, 0.15) is 6.10 Å². The number of ether oxygens (including phenoxy) is 1. The van der Waals surface area contributed by atoms with Crippen LogP contribution in [0.2, 0.25) is 0 Å². The van der Waals surface area contributed by atoms with Crippen molar-refractivity contribution in [2.24, 2.45) is 5.92 Å². The highest BCUT2D eigenvalue weighted by Gasteiger charge is 2.38. The van der Waals surface area contributed by atoms with Gasteiger partial charge in [0.2, 0.25) is 0 Å². The smallest absolute Gasteiger partial charge is 0.416 e. The minimum atomic E-state index is -4.94. The van der Waals surface area contributed by atoms with E-state index in [-0.39, 0.29) is 18.1 Å². The SMILES string of the molecule is CCC(=O)O[C@H](c1cc(C(F)(F)F)cc(C(F)(F)F)c1)C(C)C. The van der Waals surface area contributed by atoms with E-state index in [0.29, 0.717) is 12.1 Å². The summed E-state index contributed by atoms with van der Waals surface area (Å²) in [4.78, 5) is 11.4. The molecule has 0 amide bonds. The molecule has 1 rings (SSSR count). The molecule has 0 fully saturated rings. The molecule has 0 N–H and O–H groups in total. The summed E-state index contributed by atoms with van der Waals surface area (Å²) in [6.07, 6.45) is -11.1. The normalized spacial score (nSPS) is 14.0. The third kappa shape index (κ3) is 5.14. The van der Waals surface area contributed by atoms with Gasteiger partial charge in [-0.05, 0) is 29.7 Å². The van der Waals surface area contributed by atoms with Crippen molar-refractivity contribution in [1.82, 2.24) is 0 Å². The van der Waals surface area contributed by atoms with Crippen LogP contribution in [0, 0.1) is 5.92 Å². The number of esters is 1. The van der Waals surface area contributed by atoms with Crippen molar-refractivity contribution in [3.8, 4) is 0 Å². The molecule has 0 aliphatic rings. The van der Waals surface area contributed by atoms with Crippen LogP contribution in [0.3, 0.4) is 0 Å². The van der Waals surface area contributed by atoms with E-state index in [0.717, 1.165) is 0 Å². The monoisotopic (exact) mass is 342 g/mol. The van der Waals surface area contributed by atoms with Crippen LogP contribution in [-0.2, 0) is 21.9 Å². The molecule has 0 radical (unpaired) electrons. The molecule has 23 heavy (non-hydrogen) atoms. The van der Waals surface area contributed by atoms with Gasteiger partial charge < -0.3 is 4.74 Å². The molecule has 2 nitrogen and oxygen atoms in total. The lowest BCUT2D eigenvalue weighted by molar-refractivity contribution is -0.151. The van der Waals surface area contributed by atoms with Crippen molar-refractivity contribution in [1.29, 1.82) is 0 Å². The number of benzene rings is 1. The molecule has 0 aliphatic heterocycles. The first-order chi connectivity index (χ1) is 10.4. The topological polar surface area (TPSA) is 26.3 Å². The highest BCUT2D eigenvalue weighted by molar-refractivity contribution is 5.69. The number of carbonyl (C=O) groups excluding carboxylic acids is 1. The van der Waals surface area contributed by atoms with Crippen LogP contribution in [0.4, 0.5) is 26.3 Å². The molecule has 0 saturated heterocycles. The molecule has 1 aromatic rings. The van der Waals surface area contributed by atoms with E-state index in [4.69, 9.17) is 4.74 Å². The van der Waals surface area contributed by atoms with E-state index in [1.54, 1.807) is 13.8 Å². The van der Waals surface area contributed by atoms with Crippen LogP contribution >= 0.6 is 0 Å². The Morgan fingerprint density at radius 1 is 1.00 bits per heavy atom. The molecule has 0 unspecified atom stereocenters. The summed E-state index contributed by atoms with van der Waals surface area (Å²) in [6, 6.07) is 1.22.